The predicted octanol–water partition coefficient (Wildman–Crippen LogP) is 2.07. The van der Waals surface area contributed by atoms with Crippen LogP contribution in [0.25, 0.3) is 0 Å². The van der Waals surface area contributed by atoms with Crippen LogP contribution in [0.2, 0.25) is 0 Å². The zero-order chi connectivity index (χ0) is 14.5. The number of nitrogens with zero attached hydrogens (tertiary/aromatic N) is 3. The summed E-state index contributed by atoms with van der Waals surface area (Å²) in [4.78, 5) is 9.99. The summed E-state index contributed by atoms with van der Waals surface area (Å²) in [7, 11) is 1.82. The van der Waals surface area contributed by atoms with E-state index in [0.29, 0.717) is 17.5 Å². The van der Waals surface area contributed by atoms with E-state index in [1.54, 1.807) is 4.90 Å². The second-order valence-electron chi connectivity index (χ2n) is 4.38. The number of hydrogen-bond donors (Lipinski definition) is 2. The van der Waals surface area contributed by atoms with Crippen LogP contribution in [-0.2, 0) is 0 Å². The van der Waals surface area contributed by atoms with Crippen LogP contribution in [0.4, 0.5) is 5.82 Å². The van der Waals surface area contributed by atoms with Gasteiger partial charge in [0, 0.05) is 19.7 Å². The molecule has 0 radical (unpaired) electrons. The van der Waals surface area contributed by atoms with Gasteiger partial charge in [-0.3, -0.25) is 0 Å². The molecule has 2 rings (SSSR count). The van der Waals surface area contributed by atoms with Crippen molar-refractivity contribution in [2.24, 2.45) is 0 Å². The van der Waals surface area contributed by atoms with E-state index in [1.807, 2.05) is 43.6 Å². The van der Waals surface area contributed by atoms with E-state index in [4.69, 9.17) is 0 Å². The van der Waals surface area contributed by atoms with Gasteiger partial charge in [-0.2, -0.15) is 4.98 Å². The maximum absolute atomic E-state index is 10.2. The van der Waals surface area contributed by atoms with Gasteiger partial charge in [0.2, 0.25) is 5.88 Å². The van der Waals surface area contributed by atoms with Gasteiger partial charge in [0.1, 0.15) is 5.82 Å². The minimum absolute atomic E-state index is 0.0691. The van der Waals surface area contributed by atoms with Gasteiger partial charge in [-0.1, -0.05) is 42.1 Å². The normalized spacial score (nSPS) is 12.2. The first-order valence-electron chi connectivity index (χ1n) is 6.16. The average Bonchev–Trinajstić information content (AvgIpc) is 2.47. The molecule has 0 spiro atoms. The third-order valence-electron chi connectivity index (χ3n) is 2.88. The van der Waals surface area contributed by atoms with Crippen LogP contribution < -0.4 is 4.90 Å². The molecule has 1 unspecified atom stereocenters. The Labute approximate surface area is 122 Å². The second kappa shape index (κ2) is 6.58. The van der Waals surface area contributed by atoms with Gasteiger partial charge >= 0.3 is 0 Å². The average molecular weight is 291 g/mol. The molecule has 0 bridgehead atoms. The fourth-order valence-electron chi connectivity index (χ4n) is 1.82. The SMILES string of the molecule is CSc1nc(O)cc(N(C)CC(O)c2ccccc2)n1. The molecule has 0 aliphatic carbocycles. The lowest BCUT2D eigenvalue weighted by atomic mass is 10.1. The van der Waals surface area contributed by atoms with E-state index in [1.165, 1.54) is 17.8 Å². The Morgan fingerprint density at radius 3 is 2.60 bits per heavy atom. The molecule has 5 nitrogen and oxygen atoms in total. The molecule has 0 aliphatic heterocycles. The number of likely N-dealkylation sites (N-methyl/N-ethyl adjacent to an activating group) is 1. The zero-order valence-electron chi connectivity index (χ0n) is 11.4. The van der Waals surface area contributed by atoms with Crippen LogP contribution in [0.15, 0.2) is 41.6 Å². The highest BCUT2D eigenvalue weighted by Crippen LogP contribution is 2.22. The van der Waals surface area contributed by atoms with E-state index in [-0.39, 0.29) is 5.88 Å². The highest BCUT2D eigenvalue weighted by Gasteiger charge is 2.13. The highest BCUT2D eigenvalue weighted by atomic mass is 32.2. The molecule has 1 aromatic heterocycles. The first kappa shape index (κ1) is 14.6. The number of thioether (sulfide) groups is 1. The molecule has 0 saturated carbocycles. The molecule has 2 aromatic rings. The minimum atomic E-state index is -0.615. The van der Waals surface area contributed by atoms with E-state index in [0.717, 1.165) is 5.56 Å². The van der Waals surface area contributed by atoms with Gasteiger partial charge in [-0.15, -0.1) is 0 Å². The molecule has 2 N–H and O–H groups in total. The number of anilines is 1. The maximum Gasteiger partial charge on any atom is 0.216 e. The minimum Gasteiger partial charge on any atom is -0.493 e. The summed E-state index contributed by atoms with van der Waals surface area (Å²) in [6.07, 6.45) is 1.23. The molecule has 1 atom stereocenters. The van der Waals surface area contributed by atoms with Crippen molar-refractivity contribution >= 4 is 17.6 Å². The van der Waals surface area contributed by atoms with Crippen LogP contribution in [0.3, 0.4) is 0 Å². The van der Waals surface area contributed by atoms with Crippen LogP contribution in [0.1, 0.15) is 11.7 Å². The van der Waals surface area contributed by atoms with Crippen LogP contribution in [-0.4, -0.2) is 40.0 Å². The highest BCUT2D eigenvalue weighted by molar-refractivity contribution is 7.98. The Bertz CT molecular complexity index is 566. The number of rotatable bonds is 5. The van der Waals surface area contributed by atoms with Crippen molar-refractivity contribution in [2.45, 2.75) is 11.3 Å². The van der Waals surface area contributed by atoms with Crippen molar-refractivity contribution < 1.29 is 10.2 Å². The second-order valence-corrected chi connectivity index (χ2v) is 5.15. The van der Waals surface area contributed by atoms with Gasteiger partial charge in [0.15, 0.2) is 5.16 Å². The van der Waals surface area contributed by atoms with E-state index in [9.17, 15) is 10.2 Å². The van der Waals surface area contributed by atoms with Crippen molar-refractivity contribution in [3.8, 4) is 5.88 Å². The van der Waals surface area contributed by atoms with Crippen molar-refractivity contribution in [3.63, 3.8) is 0 Å². The molecule has 106 valence electrons. The molecule has 0 aliphatic rings. The Morgan fingerprint density at radius 2 is 1.95 bits per heavy atom. The van der Waals surface area contributed by atoms with Gasteiger partial charge in [-0.25, -0.2) is 4.98 Å². The van der Waals surface area contributed by atoms with Gasteiger partial charge in [0.25, 0.3) is 0 Å². The summed E-state index contributed by atoms with van der Waals surface area (Å²) in [6.45, 7) is 0.383. The summed E-state index contributed by atoms with van der Waals surface area (Å²) in [5, 5.41) is 20.3. The molecular formula is C14H17N3O2S. The molecule has 0 fully saturated rings. The predicted molar refractivity (Wildman–Crippen MR) is 80.1 cm³/mol. The summed E-state index contributed by atoms with van der Waals surface area (Å²) >= 11 is 1.36. The fourth-order valence-corrected chi connectivity index (χ4v) is 2.19. The lowest BCUT2D eigenvalue weighted by Crippen LogP contribution is -2.25. The fraction of sp³-hybridized carbons (Fsp3) is 0.286. The maximum atomic E-state index is 10.2. The summed E-state index contributed by atoms with van der Waals surface area (Å²) in [5.74, 6) is 0.511. The van der Waals surface area contributed by atoms with Crippen LogP contribution >= 0.6 is 11.8 Å². The molecular weight excluding hydrogens is 274 g/mol. The first-order valence-corrected chi connectivity index (χ1v) is 7.39. The Hall–Kier alpha value is -1.79. The molecule has 20 heavy (non-hydrogen) atoms. The molecule has 1 heterocycles. The Morgan fingerprint density at radius 1 is 1.25 bits per heavy atom. The Kier molecular flexibility index (Phi) is 4.81. The van der Waals surface area contributed by atoms with E-state index < -0.39 is 6.10 Å². The van der Waals surface area contributed by atoms with Gasteiger partial charge in [0.05, 0.1) is 6.10 Å². The lowest BCUT2D eigenvalue weighted by Gasteiger charge is -2.22. The lowest BCUT2D eigenvalue weighted by molar-refractivity contribution is 0.184. The largest absolute Gasteiger partial charge is 0.493 e. The quantitative estimate of drug-likeness (QED) is 0.649. The number of aromatic nitrogens is 2. The van der Waals surface area contributed by atoms with Crippen molar-refractivity contribution in [1.29, 1.82) is 0 Å². The van der Waals surface area contributed by atoms with Crippen molar-refractivity contribution in [2.75, 3.05) is 24.7 Å². The monoisotopic (exact) mass is 291 g/mol. The third kappa shape index (κ3) is 3.61. The summed E-state index contributed by atoms with van der Waals surface area (Å²) in [6, 6.07) is 10.9. The zero-order valence-corrected chi connectivity index (χ0v) is 12.2. The standard InChI is InChI=1S/C14H17N3O2S/c1-17(9-11(18)10-6-4-3-5-7-10)12-8-13(19)16-14(15-12)20-2/h3-8,11,18H,9H2,1-2H3,(H,15,16,19). The Balaban J connectivity index is 2.12. The van der Waals surface area contributed by atoms with E-state index in [2.05, 4.69) is 9.97 Å². The number of aliphatic hydroxyl groups is 1. The molecule has 1 aromatic carbocycles. The van der Waals surface area contributed by atoms with Crippen molar-refractivity contribution in [1.82, 2.24) is 9.97 Å². The molecule has 0 amide bonds. The van der Waals surface area contributed by atoms with Gasteiger partial charge in [-0.05, 0) is 11.8 Å². The first-order chi connectivity index (χ1) is 9.60. The van der Waals surface area contributed by atoms with Crippen LogP contribution in [0, 0.1) is 0 Å². The molecule has 0 saturated heterocycles. The van der Waals surface area contributed by atoms with Crippen molar-refractivity contribution in [3.05, 3.63) is 42.0 Å². The number of aliphatic hydroxyl groups excluding tert-OH is 1. The third-order valence-corrected chi connectivity index (χ3v) is 3.43. The number of aromatic hydroxyl groups is 1. The van der Waals surface area contributed by atoms with Crippen LogP contribution in [0.5, 0.6) is 5.88 Å². The topological polar surface area (TPSA) is 69.5 Å². The summed E-state index contributed by atoms with van der Waals surface area (Å²) in [5.41, 5.74) is 0.850. The number of hydrogen-bond acceptors (Lipinski definition) is 6. The summed E-state index contributed by atoms with van der Waals surface area (Å²) < 4.78 is 0. The van der Waals surface area contributed by atoms with Gasteiger partial charge < -0.3 is 15.1 Å². The smallest absolute Gasteiger partial charge is 0.216 e. The van der Waals surface area contributed by atoms with E-state index >= 15 is 0 Å². The number of benzene rings is 1. The molecule has 6 heteroatoms.